The predicted octanol–water partition coefficient (Wildman–Crippen LogP) is 3.80. The molecule has 0 fully saturated rings. The van der Waals surface area contributed by atoms with Crippen molar-refractivity contribution in [2.75, 3.05) is 10.0 Å². The summed E-state index contributed by atoms with van der Waals surface area (Å²) in [7, 11) is -3.58. The van der Waals surface area contributed by atoms with Crippen LogP contribution in [0.15, 0.2) is 78.0 Å². The van der Waals surface area contributed by atoms with E-state index in [1.165, 1.54) is 0 Å². The molecule has 5 nitrogen and oxygen atoms in total. The molecule has 0 saturated carbocycles. The number of aryl methyl sites for hydroxylation is 1. The van der Waals surface area contributed by atoms with Crippen LogP contribution in [0, 0.1) is 6.92 Å². The molecular formula is C19H19N3O2S. The summed E-state index contributed by atoms with van der Waals surface area (Å²) in [5.74, 6) is 0. The zero-order valence-corrected chi connectivity index (χ0v) is 14.6. The van der Waals surface area contributed by atoms with Gasteiger partial charge in [0.2, 0.25) is 0 Å². The number of pyridine rings is 1. The molecule has 6 heteroatoms. The predicted molar refractivity (Wildman–Crippen MR) is 100.0 cm³/mol. The molecule has 0 spiro atoms. The van der Waals surface area contributed by atoms with Crippen LogP contribution < -0.4 is 10.0 Å². The van der Waals surface area contributed by atoms with E-state index >= 15 is 0 Å². The summed E-state index contributed by atoms with van der Waals surface area (Å²) >= 11 is 0. The van der Waals surface area contributed by atoms with Gasteiger partial charge in [0.1, 0.15) is 0 Å². The lowest BCUT2D eigenvalue weighted by atomic mass is 10.2. The highest BCUT2D eigenvalue weighted by molar-refractivity contribution is 7.92. The Kier molecular flexibility index (Phi) is 5.00. The molecule has 1 aromatic heterocycles. The molecule has 0 aliphatic heterocycles. The Hall–Kier alpha value is -2.86. The molecular weight excluding hydrogens is 334 g/mol. The first-order valence-electron chi connectivity index (χ1n) is 7.85. The maximum atomic E-state index is 12.4. The fraction of sp³-hybridized carbons (Fsp3) is 0.105. The third-order valence-corrected chi connectivity index (χ3v) is 5.06. The number of aromatic nitrogens is 1. The fourth-order valence-electron chi connectivity index (χ4n) is 2.36. The van der Waals surface area contributed by atoms with Crippen molar-refractivity contribution in [1.82, 2.24) is 4.98 Å². The van der Waals surface area contributed by atoms with Crippen LogP contribution in [0.1, 0.15) is 11.1 Å². The zero-order chi connectivity index (χ0) is 17.7. The second kappa shape index (κ2) is 7.36. The number of anilines is 2. The summed E-state index contributed by atoms with van der Waals surface area (Å²) in [4.78, 5) is 4.24. The molecule has 0 aliphatic rings. The third-order valence-electron chi connectivity index (χ3n) is 3.68. The average Bonchev–Trinajstić information content (AvgIpc) is 2.62. The molecule has 3 aromatic rings. The van der Waals surface area contributed by atoms with E-state index in [0.29, 0.717) is 12.2 Å². The third kappa shape index (κ3) is 4.58. The summed E-state index contributed by atoms with van der Waals surface area (Å²) in [6, 6.07) is 17.9. The van der Waals surface area contributed by atoms with Gasteiger partial charge in [-0.15, -0.1) is 0 Å². The molecule has 3 rings (SSSR count). The second-order valence-corrected chi connectivity index (χ2v) is 7.39. The van der Waals surface area contributed by atoms with Crippen molar-refractivity contribution in [3.63, 3.8) is 0 Å². The number of nitrogens with zero attached hydrogens (tertiary/aromatic N) is 1. The van der Waals surface area contributed by atoms with Crippen molar-refractivity contribution in [2.24, 2.45) is 0 Å². The van der Waals surface area contributed by atoms with E-state index in [-0.39, 0.29) is 4.90 Å². The average molecular weight is 353 g/mol. The van der Waals surface area contributed by atoms with Gasteiger partial charge in [0.15, 0.2) is 0 Å². The van der Waals surface area contributed by atoms with Crippen molar-refractivity contribution in [2.45, 2.75) is 18.4 Å². The molecule has 0 saturated heterocycles. The van der Waals surface area contributed by atoms with Gasteiger partial charge in [0.05, 0.1) is 4.90 Å². The fourth-order valence-corrected chi connectivity index (χ4v) is 3.52. The number of sulfonamides is 1. The van der Waals surface area contributed by atoms with Crippen LogP contribution in [0.3, 0.4) is 0 Å². The van der Waals surface area contributed by atoms with Crippen LogP contribution in [0.2, 0.25) is 0 Å². The molecule has 0 atom stereocenters. The van der Waals surface area contributed by atoms with Gasteiger partial charge in [-0.25, -0.2) is 8.42 Å². The molecule has 0 bridgehead atoms. The Morgan fingerprint density at radius 2 is 1.60 bits per heavy atom. The van der Waals surface area contributed by atoms with E-state index in [1.54, 1.807) is 42.7 Å². The van der Waals surface area contributed by atoms with Crippen molar-refractivity contribution in [3.05, 3.63) is 84.2 Å². The maximum absolute atomic E-state index is 12.4. The lowest BCUT2D eigenvalue weighted by molar-refractivity contribution is 0.601. The van der Waals surface area contributed by atoms with Gasteiger partial charge in [-0.1, -0.05) is 12.1 Å². The minimum atomic E-state index is -3.58. The standard InChI is InChI=1S/C19H19N3O2S/c1-15-3-2-4-19(13-15)25(23,24)22-18-7-5-17(6-8-18)21-14-16-9-11-20-12-10-16/h2-13,21-22H,14H2,1H3. The summed E-state index contributed by atoms with van der Waals surface area (Å²) in [5.41, 5.74) is 3.46. The monoisotopic (exact) mass is 353 g/mol. The highest BCUT2D eigenvalue weighted by Crippen LogP contribution is 2.19. The van der Waals surface area contributed by atoms with E-state index in [2.05, 4.69) is 15.0 Å². The van der Waals surface area contributed by atoms with E-state index < -0.39 is 10.0 Å². The lowest BCUT2D eigenvalue weighted by Gasteiger charge is -2.10. The van der Waals surface area contributed by atoms with E-state index in [1.807, 2.05) is 37.3 Å². The molecule has 0 unspecified atom stereocenters. The Morgan fingerprint density at radius 3 is 2.28 bits per heavy atom. The molecule has 0 radical (unpaired) electrons. The van der Waals surface area contributed by atoms with Gasteiger partial charge in [-0.3, -0.25) is 9.71 Å². The molecule has 1 heterocycles. The van der Waals surface area contributed by atoms with Crippen molar-refractivity contribution >= 4 is 21.4 Å². The number of hydrogen-bond donors (Lipinski definition) is 2. The Labute approximate surface area is 147 Å². The summed E-state index contributed by atoms with van der Waals surface area (Å²) in [6.07, 6.45) is 3.50. The van der Waals surface area contributed by atoms with Crippen molar-refractivity contribution in [3.8, 4) is 0 Å². The zero-order valence-electron chi connectivity index (χ0n) is 13.8. The first kappa shape index (κ1) is 17.0. The van der Waals surface area contributed by atoms with Crippen LogP contribution in [-0.2, 0) is 16.6 Å². The van der Waals surface area contributed by atoms with Gasteiger partial charge in [0.25, 0.3) is 10.0 Å². The van der Waals surface area contributed by atoms with Gasteiger partial charge < -0.3 is 5.32 Å². The molecule has 2 N–H and O–H groups in total. The van der Waals surface area contributed by atoms with Gasteiger partial charge in [0, 0.05) is 30.3 Å². The van der Waals surface area contributed by atoms with Gasteiger partial charge >= 0.3 is 0 Å². The maximum Gasteiger partial charge on any atom is 0.261 e. The summed E-state index contributed by atoms with van der Waals surface area (Å²) in [5, 5.41) is 3.29. The van der Waals surface area contributed by atoms with Crippen molar-refractivity contribution < 1.29 is 8.42 Å². The minimum Gasteiger partial charge on any atom is -0.381 e. The Morgan fingerprint density at radius 1 is 0.920 bits per heavy atom. The first-order valence-corrected chi connectivity index (χ1v) is 9.34. The molecule has 0 aliphatic carbocycles. The number of benzene rings is 2. The van der Waals surface area contributed by atoms with Gasteiger partial charge in [-0.2, -0.15) is 0 Å². The van der Waals surface area contributed by atoms with Crippen LogP contribution in [-0.4, -0.2) is 13.4 Å². The summed E-state index contributed by atoms with van der Waals surface area (Å²) < 4.78 is 27.4. The Balaban J connectivity index is 1.66. The van der Waals surface area contributed by atoms with Gasteiger partial charge in [-0.05, 0) is 66.6 Å². The first-order chi connectivity index (χ1) is 12.0. The number of hydrogen-bond acceptors (Lipinski definition) is 4. The molecule has 0 amide bonds. The second-order valence-electron chi connectivity index (χ2n) is 5.71. The highest BCUT2D eigenvalue weighted by Gasteiger charge is 2.13. The topological polar surface area (TPSA) is 71.1 Å². The van der Waals surface area contributed by atoms with E-state index in [0.717, 1.165) is 16.8 Å². The smallest absolute Gasteiger partial charge is 0.261 e. The normalized spacial score (nSPS) is 11.1. The van der Waals surface area contributed by atoms with E-state index in [9.17, 15) is 8.42 Å². The van der Waals surface area contributed by atoms with Crippen LogP contribution in [0.4, 0.5) is 11.4 Å². The van der Waals surface area contributed by atoms with E-state index in [4.69, 9.17) is 0 Å². The Bertz CT molecular complexity index is 940. The molecule has 2 aromatic carbocycles. The number of rotatable bonds is 6. The highest BCUT2D eigenvalue weighted by atomic mass is 32.2. The quantitative estimate of drug-likeness (QED) is 0.707. The van der Waals surface area contributed by atoms with Crippen LogP contribution >= 0.6 is 0 Å². The minimum absolute atomic E-state index is 0.257. The molecule has 128 valence electrons. The van der Waals surface area contributed by atoms with Crippen molar-refractivity contribution in [1.29, 1.82) is 0 Å². The number of nitrogens with one attached hydrogen (secondary N) is 2. The summed E-state index contributed by atoms with van der Waals surface area (Å²) in [6.45, 7) is 2.54. The van der Waals surface area contributed by atoms with Crippen LogP contribution in [0.25, 0.3) is 0 Å². The SMILES string of the molecule is Cc1cccc(S(=O)(=O)Nc2ccc(NCc3ccncc3)cc2)c1. The largest absolute Gasteiger partial charge is 0.381 e. The van der Waals surface area contributed by atoms with Crippen LogP contribution in [0.5, 0.6) is 0 Å². The molecule has 25 heavy (non-hydrogen) atoms. The lowest BCUT2D eigenvalue weighted by Crippen LogP contribution is -2.13.